The zero-order valence-corrected chi connectivity index (χ0v) is 15.6. The Labute approximate surface area is 160 Å². The van der Waals surface area contributed by atoms with Gasteiger partial charge in [0.15, 0.2) is 0 Å². The number of nitrogens with zero attached hydrogens (tertiary/aromatic N) is 2. The Hall–Kier alpha value is -2.91. The maximum atomic E-state index is 5.28. The third-order valence-electron chi connectivity index (χ3n) is 5.18. The van der Waals surface area contributed by atoms with Crippen molar-refractivity contribution in [3.05, 3.63) is 102 Å². The maximum Gasteiger partial charge on any atom is 0.118 e. The van der Waals surface area contributed by atoms with E-state index in [1.54, 1.807) is 7.11 Å². The van der Waals surface area contributed by atoms with Gasteiger partial charge in [0.1, 0.15) is 5.75 Å². The molecule has 2 heterocycles. The average molecular weight is 356 g/mol. The van der Waals surface area contributed by atoms with Crippen molar-refractivity contribution in [3.63, 3.8) is 0 Å². The largest absolute Gasteiger partial charge is 0.497 e. The topological polar surface area (TPSA) is 25.4 Å². The summed E-state index contributed by atoms with van der Waals surface area (Å²) in [5.74, 6) is 0.896. The van der Waals surface area contributed by atoms with Gasteiger partial charge in [0.25, 0.3) is 0 Å². The molecule has 1 unspecified atom stereocenters. The number of ether oxygens (including phenoxy) is 1. The number of methoxy groups -OCH3 is 1. The first-order valence-corrected chi connectivity index (χ1v) is 9.35. The summed E-state index contributed by atoms with van der Waals surface area (Å²) in [4.78, 5) is 6.88. The fourth-order valence-electron chi connectivity index (χ4n) is 3.71. The highest BCUT2D eigenvalue weighted by molar-refractivity contribution is 5.67. The second-order valence-corrected chi connectivity index (χ2v) is 6.88. The molecule has 0 spiro atoms. The number of benzene rings is 2. The van der Waals surface area contributed by atoms with E-state index in [2.05, 4.69) is 64.5 Å². The van der Waals surface area contributed by atoms with Gasteiger partial charge in [-0.15, -0.1) is 0 Å². The molecule has 3 nitrogen and oxygen atoms in total. The average Bonchev–Trinajstić information content (AvgIpc) is 2.76. The van der Waals surface area contributed by atoms with Gasteiger partial charge in [0.2, 0.25) is 0 Å². The van der Waals surface area contributed by atoms with Gasteiger partial charge >= 0.3 is 0 Å². The standard InChI is InChI=1S/C24H24N2O/c1-27-23-11-9-19(10-12-23)18-26-15-13-21(20-6-3-2-4-7-20)16-24(26)22-8-5-14-25-17-22/h2-14,17,24H,15-16,18H2,1H3. The highest BCUT2D eigenvalue weighted by Gasteiger charge is 2.25. The molecule has 2 aromatic carbocycles. The van der Waals surface area contributed by atoms with Crippen molar-refractivity contribution in [1.29, 1.82) is 0 Å². The third-order valence-corrected chi connectivity index (χ3v) is 5.18. The second kappa shape index (κ2) is 8.19. The van der Waals surface area contributed by atoms with E-state index in [-0.39, 0.29) is 0 Å². The van der Waals surface area contributed by atoms with Gasteiger partial charge in [-0.2, -0.15) is 0 Å². The summed E-state index contributed by atoms with van der Waals surface area (Å²) in [7, 11) is 1.70. The predicted molar refractivity (Wildman–Crippen MR) is 109 cm³/mol. The number of rotatable bonds is 5. The molecular formula is C24H24N2O. The number of hydrogen-bond acceptors (Lipinski definition) is 3. The van der Waals surface area contributed by atoms with Gasteiger partial charge in [0.05, 0.1) is 7.11 Å². The van der Waals surface area contributed by atoms with Crippen LogP contribution in [0.3, 0.4) is 0 Å². The van der Waals surface area contributed by atoms with E-state index in [0.29, 0.717) is 6.04 Å². The molecule has 0 bridgehead atoms. The fourth-order valence-corrected chi connectivity index (χ4v) is 3.71. The minimum Gasteiger partial charge on any atom is -0.497 e. The maximum absolute atomic E-state index is 5.28. The summed E-state index contributed by atoms with van der Waals surface area (Å²) in [5, 5.41) is 0. The predicted octanol–water partition coefficient (Wildman–Crippen LogP) is 5.12. The first kappa shape index (κ1) is 17.5. The van der Waals surface area contributed by atoms with Crippen molar-refractivity contribution in [3.8, 4) is 5.75 Å². The van der Waals surface area contributed by atoms with Crippen molar-refractivity contribution < 1.29 is 4.74 Å². The Morgan fingerprint density at radius 2 is 1.81 bits per heavy atom. The van der Waals surface area contributed by atoms with Gasteiger partial charge in [-0.1, -0.05) is 54.6 Å². The van der Waals surface area contributed by atoms with Gasteiger partial charge in [-0.05, 0) is 46.9 Å². The molecule has 0 amide bonds. The molecule has 136 valence electrons. The van der Waals surface area contributed by atoms with Crippen LogP contribution in [0.4, 0.5) is 0 Å². The van der Waals surface area contributed by atoms with Crippen molar-refractivity contribution in [1.82, 2.24) is 9.88 Å². The van der Waals surface area contributed by atoms with Crippen LogP contribution in [0, 0.1) is 0 Å². The van der Waals surface area contributed by atoms with Crippen molar-refractivity contribution >= 4 is 5.57 Å². The van der Waals surface area contributed by atoms with E-state index in [1.165, 1.54) is 22.3 Å². The highest BCUT2D eigenvalue weighted by Crippen LogP contribution is 2.36. The van der Waals surface area contributed by atoms with Crippen molar-refractivity contribution in [2.75, 3.05) is 13.7 Å². The van der Waals surface area contributed by atoms with E-state index < -0.39 is 0 Å². The second-order valence-electron chi connectivity index (χ2n) is 6.88. The summed E-state index contributed by atoms with van der Waals surface area (Å²) in [6.45, 7) is 1.83. The van der Waals surface area contributed by atoms with Crippen LogP contribution >= 0.6 is 0 Å². The lowest BCUT2D eigenvalue weighted by Gasteiger charge is -2.35. The monoisotopic (exact) mass is 356 g/mol. The van der Waals surface area contributed by atoms with Crippen LogP contribution in [0.5, 0.6) is 5.75 Å². The molecule has 27 heavy (non-hydrogen) atoms. The number of hydrogen-bond donors (Lipinski definition) is 0. The first-order valence-electron chi connectivity index (χ1n) is 9.35. The Morgan fingerprint density at radius 1 is 1.00 bits per heavy atom. The lowest BCUT2D eigenvalue weighted by molar-refractivity contribution is 0.204. The highest BCUT2D eigenvalue weighted by atomic mass is 16.5. The minimum atomic E-state index is 0.320. The molecule has 3 aromatic rings. The lowest BCUT2D eigenvalue weighted by Crippen LogP contribution is -2.32. The molecule has 0 aliphatic carbocycles. The summed E-state index contributed by atoms with van der Waals surface area (Å²) < 4.78 is 5.28. The van der Waals surface area contributed by atoms with Crippen LogP contribution in [0.1, 0.15) is 29.2 Å². The first-order chi connectivity index (χ1) is 13.3. The summed E-state index contributed by atoms with van der Waals surface area (Å²) in [6.07, 6.45) is 7.20. The third kappa shape index (κ3) is 4.09. The Bertz CT molecular complexity index is 889. The quantitative estimate of drug-likeness (QED) is 0.634. The molecule has 0 saturated carbocycles. The van der Waals surface area contributed by atoms with E-state index in [9.17, 15) is 0 Å². The zero-order valence-electron chi connectivity index (χ0n) is 15.6. The SMILES string of the molecule is COc1ccc(CN2CC=C(c3ccccc3)CC2c2cccnc2)cc1. The Morgan fingerprint density at radius 3 is 2.52 bits per heavy atom. The lowest BCUT2D eigenvalue weighted by atomic mass is 9.90. The van der Waals surface area contributed by atoms with E-state index >= 15 is 0 Å². The van der Waals surface area contributed by atoms with E-state index in [4.69, 9.17) is 4.74 Å². The molecule has 1 aromatic heterocycles. The number of pyridine rings is 1. The molecule has 3 heteroatoms. The summed E-state index contributed by atoms with van der Waals surface area (Å²) in [5.41, 5.74) is 5.29. The van der Waals surface area contributed by atoms with Crippen LogP contribution < -0.4 is 4.74 Å². The normalized spacial score (nSPS) is 17.4. The van der Waals surface area contributed by atoms with Gasteiger partial charge in [-0.3, -0.25) is 9.88 Å². The smallest absolute Gasteiger partial charge is 0.118 e. The zero-order chi connectivity index (χ0) is 18.5. The molecule has 1 atom stereocenters. The molecule has 0 fully saturated rings. The molecule has 0 saturated heterocycles. The Kier molecular flexibility index (Phi) is 5.31. The molecule has 1 aliphatic rings. The van der Waals surface area contributed by atoms with Crippen molar-refractivity contribution in [2.45, 2.75) is 19.0 Å². The van der Waals surface area contributed by atoms with Gasteiger partial charge in [0, 0.05) is 31.5 Å². The van der Waals surface area contributed by atoms with Crippen LogP contribution in [-0.2, 0) is 6.54 Å². The molecule has 1 aliphatic heterocycles. The van der Waals surface area contributed by atoms with E-state index in [1.807, 2.05) is 30.6 Å². The molecule has 4 rings (SSSR count). The fraction of sp³-hybridized carbons (Fsp3) is 0.208. The summed E-state index contributed by atoms with van der Waals surface area (Å²) >= 11 is 0. The van der Waals surface area contributed by atoms with Gasteiger partial charge < -0.3 is 4.74 Å². The molecule has 0 radical (unpaired) electrons. The van der Waals surface area contributed by atoms with E-state index in [0.717, 1.165) is 25.3 Å². The minimum absolute atomic E-state index is 0.320. The van der Waals surface area contributed by atoms with Crippen LogP contribution in [-0.4, -0.2) is 23.5 Å². The number of aromatic nitrogens is 1. The summed E-state index contributed by atoms with van der Waals surface area (Å²) in [6, 6.07) is 23.6. The van der Waals surface area contributed by atoms with Crippen molar-refractivity contribution in [2.24, 2.45) is 0 Å². The van der Waals surface area contributed by atoms with Crippen LogP contribution in [0.15, 0.2) is 85.2 Å². The van der Waals surface area contributed by atoms with Gasteiger partial charge in [-0.25, -0.2) is 0 Å². The molecular weight excluding hydrogens is 332 g/mol. The molecule has 0 N–H and O–H groups in total. The van der Waals surface area contributed by atoms with Crippen LogP contribution in [0.25, 0.3) is 5.57 Å². The Balaban J connectivity index is 1.61. The van der Waals surface area contributed by atoms with Crippen LogP contribution in [0.2, 0.25) is 0 Å².